The van der Waals surface area contributed by atoms with Crippen molar-refractivity contribution in [1.29, 1.82) is 0 Å². The highest BCUT2D eigenvalue weighted by molar-refractivity contribution is 9.10. The molecule has 0 saturated carbocycles. The van der Waals surface area contributed by atoms with Gasteiger partial charge in [0.2, 0.25) is 5.91 Å². The van der Waals surface area contributed by atoms with Crippen molar-refractivity contribution < 1.29 is 9.53 Å². The van der Waals surface area contributed by atoms with E-state index in [2.05, 4.69) is 21.2 Å². The number of carbonyl (C=O) groups is 1. The number of nitrogens with one attached hydrogen (secondary N) is 1. The molecule has 3 nitrogen and oxygen atoms in total. The molecule has 19 heavy (non-hydrogen) atoms. The Hall–Kier alpha value is -0.520. The van der Waals surface area contributed by atoms with Gasteiger partial charge in [-0.3, -0.25) is 4.79 Å². The van der Waals surface area contributed by atoms with Crippen molar-refractivity contribution in [3.8, 4) is 0 Å². The Kier molecular flexibility index (Phi) is 4.15. The third-order valence-electron chi connectivity index (χ3n) is 3.62. The largest absolute Gasteiger partial charge is 0.373 e. The maximum atomic E-state index is 11.9. The van der Waals surface area contributed by atoms with Gasteiger partial charge in [-0.1, -0.05) is 22.0 Å². The molecule has 102 valence electrons. The van der Waals surface area contributed by atoms with Crippen molar-refractivity contribution in [2.24, 2.45) is 0 Å². The summed E-state index contributed by atoms with van der Waals surface area (Å²) in [5.74, 6) is 0.566. The Balaban J connectivity index is 1.47. The summed E-state index contributed by atoms with van der Waals surface area (Å²) in [7, 11) is 0. The molecule has 1 aromatic rings. The zero-order chi connectivity index (χ0) is 13.2. The molecule has 1 N–H and O–H groups in total. The molecule has 2 aliphatic rings. The maximum Gasteiger partial charge on any atom is 0.230 e. The van der Waals surface area contributed by atoms with Crippen LogP contribution in [0.5, 0.6) is 0 Å². The molecule has 2 bridgehead atoms. The summed E-state index contributed by atoms with van der Waals surface area (Å²) in [6, 6.07) is 8.24. The molecular formula is C14H16BrNO2S. The Morgan fingerprint density at radius 3 is 3.05 bits per heavy atom. The molecule has 1 aromatic carbocycles. The third kappa shape index (κ3) is 3.33. The van der Waals surface area contributed by atoms with Crippen molar-refractivity contribution in [2.75, 3.05) is 5.75 Å². The Morgan fingerprint density at radius 2 is 2.37 bits per heavy atom. The summed E-state index contributed by atoms with van der Waals surface area (Å²) >= 11 is 5.00. The minimum absolute atomic E-state index is 0.103. The smallest absolute Gasteiger partial charge is 0.230 e. The van der Waals surface area contributed by atoms with E-state index in [1.54, 1.807) is 11.8 Å². The SMILES string of the molecule is O=C(CSc1cccc(Br)c1)N[C@@H]1C[C@H]2CC[C@H]1O2. The van der Waals surface area contributed by atoms with Gasteiger partial charge in [-0.05, 0) is 37.5 Å². The van der Waals surface area contributed by atoms with Crippen LogP contribution in [-0.4, -0.2) is 29.9 Å². The highest BCUT2D eigenvalue weighted by Crippen LogP contribution is 2.34. The van der Waals surface area contributed by atoms with E-state index in [4.69, 9.17) is 4.74 Å². The Labute approximate surface area is 125 Å². The number of hydrogen-bond acceptors (Lipinski definition) is 3. The van der Waals surface area contributed by atoms with E-state index < -0.39 is 0 Å². The zero-order valence-corrected chi connectivity index (χ0v) is 12.9. The summed E-state index contributed by atoms with van der Waals surface area (Å²) < 4.78 is 6.78. The van der Waals surface area contributed by atoms with Crippen molar-refractivity contribution in [1.82, 2.24) is 5.32 Å². The standard InChI is InChI=1S/C14H16BrNO2S/c15-9-2-1-3-11(6-9)19-8-14(17)16-12-7-10-4-5-13(12)18-10/h1-3,6,10,12-13H,4-5,7-8H2,(H,16,17)/t10-,12-,13-/m1/s1. The predicted octanol–water partition coefficient (Wildman–Crippen LogP) is 2.98. The molecule has 1 amide bonds. The summed E-state index contributed by atoms with van der Waals surface area (Å²) in [6.07, 6.45) is 3.87. The van der Waals surface area contributed by atoms with Crippen LogP contribution < -0.4 is 5.32 Å². The van der Waals surface area contributed by atoms with Gasteiger partial charge in [-0.15, -0.1) is 11.8 Å². The van der Waals surface area contributed by atoms with Crippen molar-refractivity contribution in [3.05, 3.63) is 28.7 Å². The monoisotopic (exact) mass is 341 g/mol. The van der Waals surface area contributed by atoms with Gasteiger partial charge in [-0.2, -0.15) is 0 Å². The average Bonchev–Trinajstić information content (AvgIpc) is 2.99. The van der Waals surface area contributed by atoms with Crippen molar-refractivity contribution >= 4 is 33.6 Å². The molecule has 0 radical (unpaired) electrons. The minimum atomic E-state index is 0.103. The van der Waals surface area contributed by atoms with Gasteiger partial charge in [0.05, 0.1) is 24.0 Å². The third-order valence-corrected chi connectivity index (χ3v) is 5.11. The van der Waals surface area contributed by atoms with Gasteiger partial charge >= 0.3 is 0 Å². The lowest BCUT2D eigenvalue weighted by atomic mass is 9.95. The summed E-state index contributed by atoms with van der Waals surface area (Å²) in [4.78, 5) is 13.0. The molecule has 3 rings (SSSR count). The number of hydrogen-bond donors (Lipinski definition) is 1. The van der Waals surface area contributed by atoms with Gasteiger partial charge in [0, 0.05) is 9.37 Å². The highest BCUT2D eigenvalue weighted by Gasteiger charge is 2.41. The molecule has 5 heteroatoms. The molecule has 0 unspecified atom stereocenters. The van der Waals surface area contributed by atoms with Gasteiger partial charge in [0.15, 0.2) is 0 Å². The molecule has 2 heterocycles. The van der Waals surface area contributed by atoms with Crippen LogP contribution in [0.1, 0.15) is 19.3 Å². The lowest BCUT2D eigenvalue weighted by molar-refractivity contribution is -0.119. The number of amides is 1. The van der Waals surface area contributed by atoms with E-state index in [9.17, 15) is 4.79 Å². The number of rotatable bonds is 4. The second kappa shape index (κ2) is 5.85. The lowest BCUT2D eigenvalue weighted by Gasteiger charge is -2.19. The van der Waals surface area contributed by atoms with Crippen LogP contribution in [0.15, 0.2) is 33.6 Å². The first-order chi connectivity index (χ1) is 9.20. The second-order valence-electron chi connectivity index (χ2n) is 5.03. The van der Waals surface area contributed by atoms with Crippen LogP contribution in [0.2, 0.25) is 0 Å². The van der Waals surface area contributed by atoms with Crippen LogP contribution in [0, 0.1) is 0 Å². The van der Waals surface area contributed by atoms with Crippen LogP contribution in [-0.2, 0) is 9.53 Å². The summed E-state index contributed by atoms with van der Waals surface area (Å²) in [5.41, 5.74) is 0. The molecule has 0 spiro atoms. The first kappa shape index (κ1) is 13.5. The van der Waals surface area contributed by atoms with Crippen LogP contribution in [0.25, 0.3) is 0 Å². The average molecular weight is 342 g/mol. The Bertz CT molecular complexity index is 482. The minimum Gasteiger partial charge on any atom is -0.373 e. The summed E-state index contributed by atoms with van der Waals surface area (Å²) in [5, 5.41) is 3.10. The van der Waals surface area contributed by atoms with Crippen LogP contribution in [0.4, 0.5) is 0 Å². The van der Waals surface area contributed by atoms with Crippen molar-refractivity contribution in [2.45, 2.75) is 42.4 Å². The van der Waals surface area contributed by atoms with Crippen LogP contribution >= 0.6 is 27.7 Å². The Morgan fingerprint density at radius 1 is 1.47 bits per heavy atom. The predicted molar refractivity (Wildman–Crippen MR) is 79.3 cm³/mol. The fourth-order valence-corrected chi connectivity index (χ4v) is 4.06. The molecular weight excluding hydrogens is 326 g/mol. The van der Waals surface area contributed by atoms with Gasteiger partial charge in [0.25, 0.3) is 0 Å². The molecule has 3 atom stereocenters. The number of ether oxygens (including phenoxy) is 1. The van der Waals surface area contributed by atoms with E-state index in [0.717, 1.165) is 28.6 Å². The number of carbonyl (C=O) groups excluding carboxylic acids is 1. The number of halogens is 1. The lowest BCUT2D eigenvalue weighted by Crippen LogP contribution is -2.42. The normalized spacial score (nSPS) is 28.6. The van der Waals surface area contributed by atoms with E-state index in [-0.39, 0.29) is 18.1 Å². The zero-order valence-electron chi connectivity index (χ0n) is 10.5. The fraction of sp³-hybridized carbons (Fsp3) is 0.500. The number of benzene rings is 1. The quantitative estimate of drug-likeness (QED) is 0.855. The van der Waals surface area contributed by atoms with Gasteiger partial charge in [-0.25, -0.2) is 0 Å². The number of fused-ring (bicyclic) bond motifs is 2. The first-order valence-electron chi connectivity index (χ1n) is 6.54. The molecule has 2 saturated heterocycles. The molecule has 2 fully saturated rings. The maximum absolute atomic E-state index is 11.9. The van der Waals surface area contributed by atoms with Gasteiger partial charge < -0.3 is 10.1 Å². The van der Waals surface area contributed by atoms with Gasteiger partial charge in [0.1, 0.15) is 0 Å². The molecule has 2 aliphatic heterocycles. The van der Waals surface area contributed by atoms with E-state index >= 15 is 0 Å². The first-order valence-corrected chi connectivity index (χ1v) is 8.32. The second-order valence-corrected chi connectivity index (χ2v) is 6.99. The van der Waals surface area contributed by atoms with E-state index in [1.165, 1.54) is 0 Å². The molecule has 0 aromatic heterocycles. The topological polar surface area (TPSA) is 38.3 Å². The van der Waals surface area contributed by atoms with Crippen LogP contribution in [0.3, 0.4) is 0 Å². The summed E-state index contributed by atoms with van der Waals surface area (Å²) in [6.45, 7) is 0. The molecule has 0 aliphatic carbocycles. The van der Waals surface area contributed by atoms with Crippen molar-refractivity contribution in [3.63, 3.8) is 0 Å². The van der Waals surface area contributed by atoms with E-state index in [1.807, 2.05) is 24.3 Å². The number of thioether (sulfide) groups is 1. The van der Waals surface area contributed by atoms with E-state index in [0.29, 0.717) is 11.9 Å². The fourth-order valence-electron chi connectivity index (χ4n) is 2.74. The highest BCUT2D eigenvalue weighted by atomic mass is 79.9.